The van der Waals surface area contributed by atoms with Crippen molar-refractivity contribution in [2.45, 2.75) is 37.9 Å². The van der Waals surface area contributed by atoms with Crippen LogP contribution in [0.5, 0.6) is 0 Å². The zero-order valence-electron chi connectivity index (χ0n) is 17.9. The van der Waals surface area contributed by atoms with Crippen LogP contribution in [0.1, 0.15) is 18.9 Å². The predicted molar refractivity (Wildman–Crippen MR) is 117 cm³/mol. The van der Waals surface area contributed by atoms with Gasteiger partial charge in [0.1, 0.15) is 5.82 Å². The van der Waals surface area contributed by atoms with Crippen LogP contribution >= 0.6 is 0 Å². The van der Waals surface area contributed by atoms with Gasteiger partial charge in [-0.15, -0.1) is 0 Å². The molecular formula is C21H26N8O3. The minimum Gasteiger partial charge on any atom is -0.465 e. The molecule has 4 atom stereocenters. The fraction of sp³-hybridized carbons (Fsp3) is 0.571. The monoisotopic (exact) mass is 438 g/mol. The molecule has 0 spiro atoms. The third-order valence-electron chi connectivity index (χ3n) is 7.28. The van der Waals surface area contributed by atoms with Crippen molar-refractivity contribution < 1.29 is 14.6 Å². The first-order chi connectivity index (χ1) is 15.5. The number of ether oxygens (including phenoxy) is 1. The van der Waals surface area contributed by atoms with Crippen LogP contribution < -0.4 is 15.5 Å². The lowest BCUT2D eigenvalue weighted by Crippen LogP contribution is -2.55. The van der Waals surface area contributed by atoms with Crippen molar-refractivity contribution in [3.63, 3.8) is 0 Å². The number of hydrogen-bond donors (Lipinski definition) is 2. The van der Waals surface area contributed by atoms with E-state index < -0.39 is 6.09 Å². The zero-order chi connectivity index (χ0) is 22.0. The summed E-state index contributed by atoms with van der Waals surface area (Å²) >= 11 is 0. The molecule has 4 aliphatic heterocycles. The van der Waals surface area contributed by atoms with Crippen LogP contribution in [-0.4, -0.2) is 87.0 Å². The number of carboxylic acid groups (broad SMARTS) is 1. The summed E-state index contributed by atoms with van der Waals surface area (Å²) in [5.41, 5.74) is 8.41. The lowest BCUT2D eigenvalue weighted by Gasteiger charge is -2.43. The van der Waals surface area contributed by atoms with Crippen molar-refractivity contribution in [2.75, 3.05) is 48.4 Å². The van der Waals surface area contributed by atoms with Gasteiger partial charge < -0.3 is 30.3 Å². The highest BCUT2D eigenvalue weighted by Gasteiger charge is 2.57. The Kier molecular flexibility index (Phi) is 4.36. The molecule has 2 bridgehead atoms. The fourth-order valence-corrected chi connectivity index (χ4v) is 5.68. The summed E-state index contributed by atoms with van der Waals surface area (Å²) in [5, 5.41) is 9.56. The van der Waals surface area contributed by atoms with Gasteiger partial charge in [0.15, 0.2) is 0 Å². The molecule has 32 heavy (non-hydrogen) atoms. The second-order valence-corrected chi connectivity index (χ2v) is 9.05. The van der Waals surface area contributed by atoms with Gasteiger partial charge in [-0.1, -0.05) is 0 Å². The summed E-state index contributed by atoms with van der Waals surface area (Å²) in [7, 11) is 0. The van der Waals surface area contributed by atoms with E-state index >= 15 is 0 Å². The summed E-state index contributed by atoms with van der Waals surface area (Å²) in [5.74, 6) is 2.15. The van der Waals surface area contributed by atoms with E-state index in [1.165, 1.54) is 0 Å². The van der Waals surface area contributed by atoms with Gasteiger partial charge in [0.2, 0.25) is 11.9 Å². The first-order valence-corrected chi connectivity index (χ1v) is 11.1. The maximum Gasteiger partial charge on any atom is 0.407 e. The number of nitrogens with two attached hydrogens (primary N) is 1. The molecule has 7 rings (SSSR count). The molecule has 168 valence electrons. The van der Waals surface area contributed by atoms with Crippen molar-refractivity contribution in [1.82, 2.24) is 24.8 Å². The number of hydrogen-bond acceptors (Lipinski definition) is 9. The number of carbonyl (C=O) groups is 1. The van der Waals surface area contributed by atoms with E-state index in [0.29, 0.717) is 31.6 Å². The van der Waals surface area contributed by atoms with E-state index in [1.54, 1.807) is 17.3 Å². The lowest BCUT2D eigenvalue weighted by molar-refractivity contribution is 0.0981. The maximum absolute atomic E-state index is 11.6. The summed E-state index contributed by atoms with van der Waals surface area (Å²) in [4.78, 5) is 36.1. The largest absolute Gasteiger partial charge is 0.465 e. The Balaban J connectivity index is 1.43. The molecule has 1 saturated carbocycles. The summed E-state index contributed by atoms with van der Waals surface area (Å²) in [6.45, 7) is 5.50. The van der Waals surface area contributed by atoms with Crippen LogP contribution in [0.15, 0.2) is 12.4 Å². The van der Waals surface area contributed by atoms with Gasteiger partial charge in [0.05, 0.1) is 37.0 Å². The molecule has 0 aromatic carbocycles. The van der Waals surface area contributed by atoms with Crippen LogP contribution in [-0.2, 0) is 11.2 Å². The second-order valence-electron chi connectivity index (χ2n) is 9.05. The molecule has 0 radical (unpaired) electrons. The number of nitrogens with zero attached hydrogens (tertiary/aromatic N) is 7. The number of amides is 1. The predicted octanol–water partition coefficient (Wildman–Crippen LogP) is 0.854. The van der Waals surface area contributed by atoms with Crippen LogP contribution in [0.3, 0.4) is 0 Å². The topological polar surface area (TPSA) is 134 Å². The normalized spacial score (nSPS) is 28.6. The SMILES string of the molecule is C[C@H]1COCCN1c1nc(-c2cnc(N)nc2)c2c(n1)N([C@@H]1[C@@H]3C[C@H]1N(C(=O)O)C3)CC2. The van der Waals surface area contributed by atoms with Crippen molar-refractivity contribution >= 4 is 23.8 Å². The van der Waals surface area contributed by atoms with Gasteiger partial charge in [-0.25, -0.2) is 19.7 Å². The summed E-state index contributed by atoms with van der Waals surface area (Å²) < 4.78 is 5.61. The Morgan fingerprint density at radius 1 is 1.22 bits per heavy atom. The standard InChI is InChI=1S/C21H26N8O3/c1-11-10-32-5-4-27(11)20-25-16(13-7-23-19(22)24-8-13)14-2-3-28(18(14)26-20)17-12-6-15(17)29(9-12)21(30)31/h7-8,11-12,15,17H,2-6,9-10H2,1H3,(H,30,31)(H2,22,23,24)/t11-,12+,15+,17+/m0/s1. The first-order valence-electron chi connectivity index (χ1n) is 11.1. The average Bonchev–Trinajstić information content (AvgIpc) is 3.48. The van der Waals surface area contributed by atoms with Crippen LogP contribution in [0, 0.1) is 5.92 Å². The third-order valence-corrected chi connectivity index (χ3v) is 7.28. The number of nitrogen functional groups attached to an aromatic ring is 1. The van der Waals surface area contributed by atoms with Gasteiger partial charge >= 0.3 is 6.09 Å². The van der Waals surface area contributed by atoms with Crippen molar-refractivity contribution in [2.24, 2.45) is 5.92 Å². The molecule has 3 saturated heterocycles. The molecule has 11 nitrogen and oxygen atoms in total. The van der Waals surface area contributed by atoms with E-state index in [9.17, 15) is 9.90 Å². The highest BCUT2D eigenvalue weighted by Crippen LogP contribution is 2.48. The fourth-order valence-electron chi connectivity index (χ4n) is 5.68. The van der Waals surface area contributed by atoms with Crippen molar-refractivity contribution in [3.8, 4) is 11.3 Å². The Hall–Kier alpha value is -3.21. The zero-order valence-corrected chi connectivity index (χ0v) is 17.9. The summed E-state index contributed by atoms with van der Waals surface area (Å²) in [6, 6.07) is 0.370. The van der Waals surface area contributed by atoms with Crippen LogP contribution in [0.4, 0.5) is 22.5 Å². The molecule has 1 amide bonds. The lowest BCUT2D eigenvalue weighted by atomic mass is 9.79. The van der Waals surface area contributed by atoms with Gasteiger partial charge in [0, 0.05) is 49.1 Å². The molecule has 4 fully saturated rings. The minimum absolute atomic E-state index is 0.0347. The first kappa shape index (κ1) is 19.5. The Morgan fingerprint density at radius 2 is 2.03 bits per heavy atom. The van der Waals surface area contributed by atoms with E-state index in [0.717, 1.165) is 48.6 Å². The number of rotatable bonds is 3. The average molecular weight is 438 g/mol. The smallest absolute Gasteiger partial charge is 0.407 e. The van der Waals surface area contributed by atoms with Gasteiger partial charge in [-0.3, -0.25) is 0 Å². The number of aromatic nitrogens is 4. The number of morpholine rings is 1. The molecule has 2 aromatic heterocycles. The minimum atomic E-state index is -0.829. The number of anilines is 3. The van der Waals surface area contributed by atoms with E-state index in [1.807, 2.05) is 0 Å². The van der Waals surface area contributed by atoms with Gasteiger partial charge in [0.25, 0.3) is 0 Å². The Labute approximate surface area is 185 Å². The Bertz CT molecular complexity index is 1060. The highest BCUT2D eigenvalue weighted by molar-refractivity contribution is 5.74. The molecule has 1 aliphatic carbocycles. The molecular weight excluding hydrogens is 412 g/mol. The highest BCUT2D eigenvalue weighted by atomic mass is 16.5. The van der Waals surface area contributed by atoms with Gasteiger partial charge in [-0.05, 0) is 19.8 Å². The number of fused-ring (bicyclic) bond motifs is 2. The van der Waals surface area contributed by atoms with Crippen LogP contribution in [0.25, 0.3) is 11.3 Å². The molecule has 2 aromatic rings. The molecule has 6 heterocycles. The third kappa shape index (κ3) is 2.87. The quantitative estimate of drug-likeness (QED) is 0.710. The Morgan fingerprint density at radius 3 is 2.75 bits per heavy atom. The molecule has 0 unspecified atom stereocenters. The molecule has 5 aliphatic rings. The van der Waals surface area contributed by atoms with E-state index in [2.05, 4.69) is 26.7 Å². The van der Waals surface area contributed by atoms with E-state index in [-0.39, 0.29) is 24.1 Å². The maximum atomic E-state index is 11.6. The molecule has 3 N–H and O–H groups in total. The van der Waals surface area contributed by atoms with Crippen LogP contribution in [0.2, 0.25) is 0 Å². The van der Waals surface area contributed by atoms with Crippen molar-refractivity contribution in [1.29, 1.82) is 0 Å². The van der Waals surface area contributed by atoms with Gasteiger partial charge in [-0.2, -0.15) is 4.98 Å². The van der Waals surface area contributed by atoms with Crippen molar-refractivity contribution in [3.05, 3.63) is 18.0 Å². The summed E-state index contributed by atoms with van der Waals surface area (Å²) in [6.07, 6.45) is 4.32. The second kappa shape index (κ2) is 7.16. The molecule has 11 heteroatoms. The van der Waals surface area contributed by atoms with E-state index in [4.69, 9.17) is 20.4 Å².